The molecule has 2 heteroatoms. The zero-order chi connectivity index (χ0) is 11.7. The Hall–Kier alpha value is -1.31. The van der Waals surface area contributed by atoms with Crippen molar-refractivity contribution >= 4 is 11.5 Å². The first-order valence-corrected chi connectivity index (χ1v) is 5.94. The number of para-hydroxylation sites is 1. The number of hydrogen-bond acceptors (Lipinski definition) is 2. The molecule has 1 atom stereocenters. The van der Waals surface area contributed by atoms with E-state index in [-0.39, 0.29) is 5.78 Å². The molecular weight excluding hydrogens is 198 g/mol. The number of rotatable bonds is 4. The lowest BCUT2D eigenvalue weighted by Gasteiger charge is -2.28. The molecule has 1 aromatic carbocycles. The number of carbonyl (C=O) groups is 1. The maximum atomic E-state index is 11.6. The molecule has 1 saturated carbocycles. The molecule has 0 amide bonds. The summed E-state index contributed by atoms with van der Waals surface area (Å²) in [6.45, 7) is 3.88. The summed E-state index contributed by atoms with van der Waals surface area (Å²) in [5, 5.41) is 0. The van der Waals surface area contributed by atoms with Crippen LogP contribution in [0.25, 0.3) is 0 Å². The van der Waals surface area contributed by atoms with E-state index in [2.05, 4.69) is 18.9 Å². The van der Waals surface area contributed by atoms with Crippen molar-refractivity contribution in [3.05, 3.63) is 29.8 Å². The Morgan fingerprint density at radius 1 is 1.38 bits per heavy atom. The van der Waals surface area contributed by atoms with Crippen molar-refractivity contribution in [2.75, 3.05) is 11.9 Å². The lowest BCUT2D eigenvalue weighted by atomic mass is 10.1. The molecule has 16 heavy (non-hydrogen) atoms. The number of Topliss-reactive ketones (excluding diaryl/α,β-unsaturated/α-hetero) is 1. The van der Waals surface area contributed by atoms with Crippen LogP contribution in [0.4, 0.5) is 5.69 Å². The lowest BCUT2D eigenvalue weighted by molar-refractivity contribution is 0.101. The first-order valence-electron chi connectivity index (χ1n) is 5.94. The molecule has 0 saturated heterocycles. The predicted octanol–water partition coefficient (Wildman–Crippen LogP) is 3.12. The average molecular weight is 217 g/mol. The van der Waals surface area contributed by atoms with Crippen LogP contribution >= 0.6 is 0 Å². The monoisotopic (exact) mass is 217 g/mol. The van der Waals surface area contributed by atoms with Crippen molar-refractivity contribution in [2.45, 2.75) is 32.7 Å². The summed E-state index contributed by atoms with van der Waals surface area (Å²) < 4.78 is 0. The molecule has 86 valence electrons. The van der Waals surface area contributed by atoms with Crippen LogP contribution in [0.15, 0.2) is 24.3 Å². The van der Waals surface area contributed by atoms with E-state index < -0.39 is 0 Å². The van der Waals surface area contributed by atoms with Crippen LogP contribution < -0.4 is 4.90 Å². The zero-order valence-electron chi connectivity index (χ0n) is 10.2. The Balaban J connectivity index is 2.27. The van der Waals surface area contributed by atoms with E-state index in [0.717, 1.165) is 17.2 Å². The normalized spacial score (nSPS) is 16.9. The maximum absolute atomic E-state index is 11.6. The minimum Gasteiger partial charge on any atom is -0.371 e. The van der Waals surface area contributed by atoms with Gasteiger partial charge in [0.05, 0.1) is 0 Å². The summed E-state index contributed by atoms with van der Waals surface area (Å²) in [7, 11) is 2.09. The van der Waals surface area contributed by atoms with Crippen LogP contribution in [0, 0.1) is 5.92 Å². The number of anilines is 1. The van der Waals surface area contributed by atoms with Gasteiger partial charge < -0.3 is 4.90 Å². The molecule has 1 unspecified atom stereocenters. The molecule has 2 rings (SSSR count). The van der Waals surface area contributed by atoms with E-state index in [9.17, 15) is 4.79 Å². The minimum atomic E-state index is 0.144. The molecule has 0 aromatic heterocycles. The van der Waals surface area contributed by atoms with E-state index in [1.165, 1.54) is 12.8 Å². The highest BCUT2D eigenvalue weighted by atomic mass is 16.1. The van der Waals surface area contributed by atoms with Crippen molar-refractivity contribution in [2.24, 2.45) is 5.92 Å². The summed E-state index contributed by atoms with van der Waals surface area (Å²) >= 11 is 0. The molecule has 0 radical (unpaired) electrons. The van der Waals surface area contributed by atoms with Gasteiger partial charge >= 0.3 is 0 Å². The van der Waals surface area contributed by atoms with E-state index in [4.69, 9.17) is 0 Å². The highest BCUT2D eigenvalue weighted by molar-refractivity contribution is 5.99. The highest BCUT2D eigenvalue weighted by Crippen LogP contribution is 2.36. The number of nitrogens with zero attached hydrogens (tertiary/aromatic N) is 1. The Bertz CT molecular complexity index is 395. The number of hydrogen-bond donors (Lipinski definition) is 0. The molecule has 1 aliphatic rings. The molecule has 1 aliphatic carbocycles. The summed E-state index contributed by atoms with van der Waals surface area (Å²) in [4.78, 5) is 13.8. The fraction of sp³-hybridized carbons (Fsp3) is 0.500. The van der Waals surface area contributed by atoms with Crippen LogP contribution in [0.1, 0.15) is 37.0 Å². The zero-order valence-corrected chi connectivity index (χ0v) is 10.2. The van der Waals surface area contributed by atoms with Crippen LogP contribution in [0.2, 0.25) is 0 Å². The minimum absolute atomic E-state index is 0.144. The number of carbonyl (C=O) groups excluding carboxylic acids is 1. The van der Waals surface area contributed by atoms with Gasteiger partial charge in [-0.2, -0.15) is 0 Å². The van der Waals surface area contributed by atoms with Gasteiger partial charge in [-0.15, -0.1) is 0 Å². The third kappa shape index (κ3) is 2.11. The van der Waals surface area contributed by atoms with E-state index in [1.807, 2.05) is 24.3 Å². The standard InChI is InChI=1S/C14H19NO/c1-10(12-8-9-12)15(3)14-7-5-4-6-13(14)11(2)16/h4-7,10,12H,8-9H2,1-3H3. The molecule has 0 aliphatic heterocycles. The van der Waals surface area contributed by atoms with E-state index in [0.29, 0.717) is 6.04 Å². The SMILES string of the molecule is CC(=O)c1ccccc1N(C)C(C)C1CC1. The van der Waals surface area contributed by atoms with Crippen molar-refractivity contribution < 1.29 is 4.79 Å². The third-order valence-corrected chi connectivity index (χ3v) is 3.58. The van der Waals surface area contributed by atoms with Crippen LogP contribution in [0.3, 0.4) is 0 Å². The lowest BCUT2D eigenvalue weighted by Crippen LogP contribution is -2.31. The molecule has 0 N–H and O–H groups in total. The predicted molar refractivity (Wildman–Crippen MR) is 67.0 cm³/mol. The van der Waals surface area contributed by atoms with Gasteiger partial charge in [0.15, 0.2) is 5.78 Å². The second-order valence-corrected chi connectivity index (χ2v) is 4.76. The van der Waals surface area contributed by atoms with E-state index >= 15 is 0 Å². The van der Waals surface area contributed by atoms with Gasteiger partial charge in [-0.25, -0.2) is 0 Å². The highest BCUT2D eigenvalue weighted by Gasteiger charge is 2.31. The summed E-state index contributed by atoms with van der Waals surface area (Å²) in [5.74, 6) is 0.954. The molecule has 0 heterocycles. The Labute approximate surface area is 97.3 Å². The van der Waals surface area contributed by atoms with Crippen molar-refractivity contribution in [1.82, 2.24) is 0 Å². The Kier molecular flexibility index (Phi) is 2.99. The first-order chi connectivity index (χ1) is 7.61. The van der Waals surface area contributed by atoms with Crippen LogP contribution in [-0.4, -0.2) is 18.9 Å². The van der Waals surface area contributed by atoms with Crippen LogP contribution in [0.5, 0.6) is 0 Å². The van der Waals surface area contributed by atoms with Crippen molar-refractivity contribution in [3.8, 4) is 0 Å². The van der Waals surface area contributed by atoms with Gasteiger partial charge in [0, 0.05) is 24.3 Å². The van der Waals surface area contributed by atoms with Crippen LogP contribution in [-0.2, 0) is 0 Å². The second-order valence-electron chi connectivity index (χ2n) is 4.76. The molecule has 1 fully saturated rings. The molecule has 2 nitrogen and oxygen atoms in total. The van der Waals surface area contributed by atoms with Gasteiger partial charge in [0.1, 0.15) is 0 Å². The molecule has 0 bridgehead atoms. The average Bonchev–Trinajstić information content (AvgIpc) is 3.11. The van der Waals surface area contributed by atoms with Gasteiger partial charge in [-0.05, 0) is 44.7 Å². The fourth-order valence-corrected chi connectivity index (χ4v) is 2.19. The summed E-state index contributed by atoms with van der Waals surface area (Å²) in [6, 6.07) is 8.40. The van der Waals surface area contributed by atoms with Crippen molar-refractivity contribution in [3.63, 3.8) is 0 Å². The smallest absolute Gasteiger partial charge is 0.161 e. The summed E-state index contributed by atoms with van der Waals surface area (Å²) in [5.41, 5.74) is 1.90. The molecular formula is C14H19NO. The van der Waals surface area contributed by atoms with Crippen molar-refractivity contribution in [1.29, 1.82) is 0 Å². The van der Waals surface area contributed by atoms with Gasteiger partial charge in [-0.3, -0.25) is 4.79 Å². The molecule has 0 spiro atoms. The Morgan fingerprint density at radius 2 is 2.00 bits per heavy atom. The van der Waals surface area contributed by atoms with Gasteiger partial charge in [0.25, 0.3) is 0 Å². The number of ketones is 1. The maximum Gasteiger partial charge on any atom is 0.161 e. The molecule has 1 aromatic rings. The van der Waals surface area contributed by atoms with Gasteiger partial charge in [-0.1, -0.05) is 12.1 Å². The third-order valence-electron chi connectivity index (χ3n) is 3.58. The quantitative estimate of drug-likeness (QED) is 0.722. The van der Waals surface area contributed by atoms with E-state index in [1.54, 1.807) is 6.92 Å². The largest absolute Gasteiger partial charge is 0.371 e. The Morgan fingerprint density at radius 3 is 2.56 bits per heavy atom. The topological polar surface area (TPSA) is 20.3 Å². The summed E-state index contributed by atoms with van der Waals surface area (Å²) in [6.07, 6.45) is 2.65. The van der Waals surface area contributed by atoms with Gasteiger partial charge in [0.2, 0.25) is 0 Å². The number of benzene rings is 1. The fourth-order valence-electron chi connectivity index (χ4n) is 2.19. The first kappa shape index (κ1) is 11.2. The second kappa shape index (κ2) is 4.28.